The molecule has 0 amide bonds. The van der Waals surface area contributed by atoms with Crippen molar-refractivity contribution in [1.29, 1.82) is 5.26 Å². The summed E-state index contributed by atoms with van der Waals surface area (Å²) in [5.74, 6) is 0.0474. The highest BCUT2D eigenvalue weighted by Crippen LogP contribution is 2.32. The number of rotatable bonds is 2. The second-order valence-electron chi connectivity index (χ2n) is 3.28. The summed E-state index contributed by atoms with van der Waals surface area (Å²) in [5, 5.41) is 12.4. The van der Waals surface area contributed by atoms with Gasteiger partial charge in [-0.1, -0.05) is 25.1 Å². The average molecular weight is 201 g/mol. The number of nitriles is 1. The van der Waals surface area contributed by atoms with E-state index in [0.717, 1.165) is 6.42 Å². The quantitative estimate of drug-likeness (QED) is 0.722. The molecule has 1 nitrogen and oxygen atoms in total. The topological polar surface area (TPSA) is 23.8 Å². The zero-order valence-electron chi connectivity index (χ0n) is 8.03. The van der Waals surface area contributed by atoms with Crippen LogP contribution in [0.4, 0.5) is 0 Å². The summed E-state index contributed by atoms with van der Waals surface area (Å²) in [7, 11) is 0. The molecule has 0 aliphatic rings. The van der Waals surface area contributed by atoms with Gasteiger partial charge in [0.2, 0.25) is 0 Å². The number of nitrogens with zero attached hydrogens (tertiary/aromatic N) is 1. The number of hydrogen-bond donors (Lipinski definition) is 0. The predicted octanol–water partition coefficient (Wildman–Crippen LogP) is 3.92. The van der Waals surface area contributed by atoms with Crippen molar-refractivity contribution in [3.63, 3.8) is 0 Å². The van der Waals surface area contributed by atoms with Crippen LogP contribution in [-0.4, -0.2) is 0 Å². The first kappa shape index (κ1) is 9.23. The third-order valence-corrected chi connectivity index (χ3v) is 3.43. The second-order valence-corrected chi connectivity index (χ2v) is 4.19. The maximum atomic E-state index is 9.01. The molecule has 1 atom stereocenters. The fourth-order valence-electron chi connectivity index (χ4n) is 1.65. The highest BCUT2D eigenvalue weighted by molar-refractivity contribution is 7.17. The van der Waals surface area contributed by atoms with Gasteiger partial charge >= 0.3 is 0 Å². The van der Waals surface area contributed by atoms with Crippen LogP contribution in [0.2, 0.25) is 0 Å². The molecule has 1 aromatic heterocycles. The molecule has 0 aliphatic carbocycles. The van der Waals surface area contributed by atoms with E-state index in [1.165, 1.54) is 15.6 Å². The zero-order valence-corrected chi connectivity index (χ0v) is 8.84. The summed E-state index contributed by atoms with van der Waals surface area (Å²) < 4.78 is 1.27. The molecule has 2 heteroatoms. The standard InChI is InChI=1S/C12H11NS/c1-2-9(7-13)11-8-14-12-6-4-3-5-10(11)12/h3-6,8-9H,2H2,1H3. The maximum Gasteiger partial charge on any atom is 0.0724 e. The molecule has 1 aromatic carbocycles. The molecule has 70 valence electrons. The predicted molar refractivity (Wildman–Crippen MR) is 60.5 cm³/mol. The lowest BCUT2D eigenvalue weighted by Crippen LogP contribution is -1.90. The van der Waals surface area contributed by atoms with Crippen molar-refractivity contribution < 1.29 is 0 Å². The summed E-state index contributed by atoms with van der Waals surface area (Å²) in [6.45, 7) is 2.06. The van der Waals surface area contributed by atoms with E-state index < -0.39 is 0 Å². The molecule has 0 spiro atoms. The summed E-state index contributed by atoms with van der Waals surface area (Å²) in [6, 6.07) is 10.6. The van der Waals surface area contributed by atoms with Crippen molar-refractivity contribution in [3.05, 3.63) is 35.2 Å². The molecule has 0 radical (unpaired) electrons. The van der Waals surface area contributed by atoms with Gasteiger partial charge in [-0.3, -0.25) is 0 Å². The first-order valence-corrected chi connectivity index (χ1v) is 5.60. The molecule has 2 aromatic rings. The minimum Gasteiger partial charge on any atom is -0.198 e. The molecule has 0 N–H and O–H groups in total. The minimum atomic E-state index is 0.0474. The number of fused-ring (bicyclic) bond motifs is 1. The van der Waals surface area contributed by atoms with Gasteiger partial charge in [0, 0.05) is 4.70 Å². The van der Waals surface area contributed by atoms with Crippen LogP contribution in [0.25, 0.3) is 10.1 Å². The van der Waals surface area contributed by atoms with E-state index in [2.05, 4.69) is 30.5 Å². The van der Waals surface area contributed by atoms with Crippen LogP contribution >= 0.6 is 11.3 Å². The van der Waals surface area contributed by atoms with E-state index in [0.29, 0.717) is 0 Å². The van der Waals surface area contributed by atoms with Crippen molar-refractivity contribution in [1.82, 2.24) is 0 Å². The number of benzene rings is 1. The lowest BCUT2D eigenvalue weighted by atomic mass is 9.98. The third kappa shape index (κ3) is 1.40. The molecular weight excluding hydrogens is 190 g/mol. The van der Waals surface area contributed by atoms with Gasteiger partial charge in [-0.15, -0.1) is 11.3 Å². The molecular formula is C12H11NS. The molecule has 1 heterocycles. The molecule has 0 aliphatic heterocycles. The van der Waals surface area contributed by atoms with Crippen molar-refractivity contribution in [2.75, 3.05) is 0 Å². The largest absolute Gasteiger partial charge is 0.198 e. The monoisotopic (exact) mass is 201 g/mol. The van der Waals surface area contributed by atoms with Crippen molar-refractivity contribution in [3.8, 4) is 6.07 Å². The van der Waals surface area contributed by atoms with Crippen molar-refractivity contribution >= 4 is 21.4 Å². The first-order chi connectivity index (χ1) is 6.86. The Kier molecular flexibility index (Phi) is 2.51. The zero-order chi connectivity index (χ0) is 9.97. The Hall–Kier alpha value is -1.33. The number of thiophene rings is 1. The third-order valence-electron chi connectivity index (χ3n) is 2.45. The van der Waals surface area contributed by atoms with Gasteiger partial charge in [0.25, 0.3) is 0 Å². The molecule has 14 heavy (non-hydrogen) atoms. The highest BCUT2D eigenvalue weighted by Gasteiger charge is 2.12. The molecule has 0 fully saturated rings. The molecule has 2 rings (SSSR count). The second kappa shape index (κ2) is 3.81. The van der Waals surface area contributed by atoms with E-state index in [-0.39, 0.29) is 5.92 Å². The fraction of sp³-hybridized carbons (Fsp3) is 0.250. The first-order valence-electron chi connectivity index (χ1n) is 4.72. The summed E-state index contributed by atoms with van der Waals surface area (Å²) in [5.41, 5.74) is 1.19. The minimum absolute atomic E-state index is 0.0474. The van der Waals surface area contributed by atoms with E-state index in [4.69, 9.17) is 5.26 Å². The van der Waals surface area contributed by atoms with Crippen molar-refractivity contribution in [2.45, 2.75) is 19.3 Å². The summed E-state index contributed by atoms with van der Waals surface area (Å²) >= 11 is 1.72. The van der Waals surface area contributed by atoms with Crippen LogP contribution < -0.4 is 0 Å². The Labute approximate surface area is 87.6 Å². The molecule has 0 bridgehead atoms. The normalized spacial score (nSPS) is 12.6. The molecule has 0 saturated heterocycles. The Bertz CT molecular complexity index is 478. The van der Waals surface area contributed by atoms with Crippen LogP contribution in [0.3, 0.4) is 0 Å². The Morgan fingerprint density at radius 3 is 2.93 bits per heavy atom. The maximum absolute atomic E-state index is 9.01. The Morgan fingerprint density at radius 1 is 1.43 bits per heavy atom. The highest BCUT2D eigenvalue weighted by atomic mass is 32.1. The lowest BCUT2D eigenvalue weighted by molar-refractivity contribution is 0.828. The van der Waals surface area contributed by atoms with Crippen LogP contribution in [0.15, 0.2) is 29.6 Å². The van der Waals surface area contributed by atoms with Crippen LogP contribution in [0, 0.1) is 11.3 Å². The number of hydrogen-bond acceptors (Lipinski definition) is 2. The van der Waals surface area contributed by atoms with Gasteiger partial charge in [0.05, 0.1) is 12.0 Å². The van der Waals surface area contributed by atoms with Gasteiger partial charge in [-0.2, -0.15) is 5.26 Å². The van der Waals surface area contributed by atoms with Gasteiger partial charge in [-0.25, -0.2) is 0 Å². The van der Waals surface area contributed by atoms with Gasteiger partial charge in [0.1, 0.15) is 0 Å². The molecule has 0 saturated carbocycles. The van der Waals surface area contributed by atoms with E-state index in [1.807, 2.05) is 12.1 Å². The van der Waals surface area contributed by atoms with Crippen LogP contribution in [-0.2, 0) is 0 Å². The van der Waals surface area contributed by atoms with Crippen molar-refractivity contribution in [2.24, 2.45) is 0 Å². The van der Waals surface area contributed by atoms with Crippen LogP contribution in [0.1, 0.15) is 24.8 Å². The Balaban J connectivity index is 2.59. The van der Waals surface area contributed by atoms with Gasteiger partial charge in [-0.05, 0) is 28.8 Å². The van der Waals surface area contributed by atoms with E-state index in [1.54, 1.807) is 11.3 Å². The molecule has 1 unspecified atom stereocenters. The summed E-state index contributed by atoms with van der Waals surface area (Å²) in [4.78, 5) is 0. The summed E-state index contributed by atoms with van der Waals surface area (Å²) in [6.07, 6.45) is 0.886. The van der Waals surface area contributed by atoms with E-state index in [9.17, 15) is 0 Å². The average Bonchev–Trinajstić information content (AvgIpc) is 2.65. The Morgan fingerprint density at radius 2 is 2.21 bits per heavy atom. The lowest BCUT2D eigenvalue weighted by Gasteiger charge is -2.03. The fourth-order valence-corrected chi connectivity index (χ4v) is 2.66. The smallest absolute Gasteiger partial charge is 0.0724 e. The SMILES string of the molecule is CCC(C#N)c1csc2ccccc12. The van der Waals surface area contributed by atoms with E-state index >= 15 is 0 Å². The van der Waals surface area contributed by atoms with Gasteiger partial charge in [0.15, 0.2) is 0 Å². The van der Waals surface area contributed by atoms with Crippen LogP contribution in [0.5, 0.6) is 0 Å². The van der Waals surface area contributed by atoms with Gasteiger partial charge < -0.3 is 0 Å².